The van der Waals surface area contributed by atoms with Gasteiger partial charge in [-0.05, 0) is 72.8 Å². The van der Waals surface area contributed by atoms with Crippen LogP contribution < -0.4 is 10.6 Å². The molecule has 2 N–H and O–H groups in total. The van der Waals surface area contributed by atoms with Crippen molar-refractivity contribution in [2.45, 2.75) is 16.6 Å². The summed E-state index contributed by atoms with van der Waals surface area (Å²) >= 11 is 13.0. The molecular weight excluding hydrogens is 511 g/mol. The number of hydrogen-bond acceptors (Lipinski definition) is 6. The molecule has 0 saturated carbocycles. The summed E-state index contributed by atoms with van der Waals surface area (Å²) < 4.78 is 10.1. The third-order valence-electron chi connectivity index (χ3n) is 4.66. The SMILES string of the molecule is COC(=O)C(CCOC(=O)Nc1ccc(Cl)cc1)Sc1ccc(NC(=O)c2ccc(Cl)cc2)cc1. The van der Waals surface area contributed by atoms with Crippen LogP contribution in [-0.2, 0) is 14.3 Å². The average molecular weight is 533 g/mol. The molecule has 0 saturated heterocycles. The lowest BCUT2D eigenvalue weighted by molar-refractivity contribution is -0.140. The van der Waals surface area contributed by atoms with Crippen molar-refractivity contribution in [2.75, 3.05) is 24.4 Å². The van der Waals surface area contributed by atoms with Crippen LogP contribution in [0.25, 0.3) is 0 Å². The topological polar surface area (TPSA) is 93.7 Å². The van der Waals surface area contributed by atoms with Gasteiger partial charge < -0.3 is 14.8 Å². The lowest BCUT2D eigenvalue weighted by Crippen LogP contribution is -2.23. The van der Waals surface area contributed by atoms with E-state index < -0.39 is 17.3 Å². The van der Waals surface area contributed by atoms with Gasteiger partial charge in [-0.25, -0.2) is 4.79 Å². The molecule has 3 aromatic rings. The van der Waals surface area contributed by atoms with Crippen LogP contribution in [0.2, 0.25) is 10.0 Å². The van der Waals surface area contributed by atoms with Crippen LogP contribution in [0.4, 0.5) is 16.2 Å². The van der Waals surface area contributed by atoms with E-state index in [-0.39, 0.29) is 18.9 Å². The van der Waals surface area contributed by atoms with Crippen molar-refractivity contribution in [1.29, 1.82) is 0 Å². The van der Waals surface area contributed by atoms with Gasteiger partial charge in [-0.15, -0.1) is 11.8 Å². The Bertz CT molecular complexity index is 1160. The highest BCUT2D eigenvalue weighted by Crippen LogP contribution is 2.28. The van der Waals surface area contributed by atoms with E-state index in [2.05, 4.69) is 10.6 Å². The molecule has 0 fully saturated rings. The first-order chi connectivity index (χ1) is 16.8. The van der Waals surface area contributed by atoms with Crippen LogP contribution >= 0.6 is 35.0 Å². The van der Waals surface area contributed by atoms with Gasteiger partial charge in [0.2, 0.25) is 0 Å². The van der Waals surface area contributed by atoms with Gasteiger partial charge in [0.1, 0.15) is 5.25 Å². The quantitative estimate of drug-likeness (QED) is 0.240. The molecule has 2 amide bonds. The van der Waals surface area contributed by atoms with E-state index in [0.717, 1.165) is 4.90 Å². The number of hydrogen-bond donors (Lipinski definition) is 2. The number of methoxy groups -OCH3 is 1. The van der Waals surface area contributed by atoms with Crippen molar-refractivity contribution < 1.29 is 23.9 Å². The summed E-state index contributed by atoms with van der Waals surface area (Å²) in [6.07, 6.45) is -0.387. The molecule has 0 heterocycles. The van der Waals surface area contributed by atoms with E-state index in [1.807, 2.05) is 0 Å². The molecule has 182 valence electrons. The lowest BCUT2D eigenvalue weighted by Gasteiger charge is -2.15. The van der Waals surface area contributed by atoms with Crippen molar-refractivity contribution >= 4 is 64.3 Å². The summed E-state index contributed by atoms with van der Waals surface area (Å²) in [6.45, 7) is 0.0153. The monoisotopic (exact) mass is 532 g/mol. The standard InChI is InChI=1S/C25H22Cl2N2O5S/c1-33-24(31)22(14-15-34-25(32)29-20-8-6-18(27)7-9-20)35-21-12-10-19(11-13-21)28-23(30)16-2-4-17(26)5-3-16/h2-13,22H,14-15H2,1H3,(H,28,30)(H,29,32). The highest BCUT2D eigenvalue weighted by Gasteiger charge is 2.21. The second-order valence-corrected chi connectivity index (χ2v) is 9.32. The minimum absolute atomic E-state index is 0.0153. The largest absolute Gasteiger partial charge is 0.468 e. The molecule has 3 aromatic carbocycles. The van der Waals surface area contributed by atoms with Crippen LogP contribution in [-0.4, -0.2) is 36.9 Å². The maximum atomic E-state index is 12.3. The number of anilines is 2. The van der Waals surface area contributed by atoms with Crippen LogP contribution in [0.15, 0.2) is 77.7 Å². The minimum Gasteiger partial charge on any atom is -0.468 e. The molecule has 0 aliphatic heterocycles. The Hall–Kier alpha value is -3.20. The summed E-state index contributed by atoms with van der Waals surface area (Å²) in [7, 11) is 1.30. The normalized spacial score (nSPS) is 11.3. The van der Waals surface area contributed by atoms with E-state index in [4.69, 9.17) is 32.7 Å². The van der Waals surface area contributed by atoms with E-state index in [1.165, 1.54) is 18.9 Å². The van der Waals surface area contributed by atoms with Crippen LogP contribution in [0, 0.1) is 0 Å². The van der Waals surface area contributed by atoms with E-state index in [1.54, 1.807) is 72.8 Å². The summed E-state index contributed by atoms with van der Waals surface area (Å²) in [5, 5.41) is 5.92. The van der Waals surface area contributed by atoms with Crippen molar-refractivity contribution in [2.24, 2.45) is 0 Å². The summed E-state index contributed by atoms with van der Waals surface area (Å²) in [4.78, 5) is 37.4. The van der Waals surface area contributed by atoms with Crippen LogP contribution in [0.1, 0.15) is 16.8 Å². The van der Waals surface area contributed by atoms with E-state index in [0.29, 0.717) is 27.0 Å². The van der Waals surface area contributed by atoms with Gasteiger partial charge in [-0.1, -0.05) is 23.2 Å². The molecule has 0 spiro atoms. The number of halogens is 2. The van der Waals surface area contributed by atoms with Gasteiger partial charge >= 0.3 is 12.1 Å². The molecule has 3 rings (SSSR count). The molecule has 0 aromatic heterocycles. The maximum absolute atomic E-state index is 12.3. The number of carbonyl (C=O) groups excluding carboxylic acids is 3. The number of rotatable bonds is 9. The molecule has 0 aliphatic carbocycles. The molecule has 0 aliphatic rings. The summed E-state index contributed by atoms with van der Waals surface area (Å²) in [5.41, 5.74) is 1.63. The van der Waals surface area contributed by atoms with E-state index in [9.17, 15) is 14.4 Å². The first kappa shape index (κ1) is 26.4. The molecule has 10 heteroatoms. The van der Waals surface area contributed by atoms with E-state index >= 15 is 0 Å². The second kappa shape index (κ2) is 13.0. The Morgan fingerprint density at radius 3 is 1.97 bits per heavy atom. The fourth-order valence-corrected chi connectivity index (χ4v) is 4.17. The number of esters is 1. The number of carbonyl (C=O) groups is 3. The predicted octanol–water partition coefficient (Wildman–Crippen LogP) is 6.52. The Morgan fingerprint density at radius 2 is 1.37 bits per heavy atom. The molecule has 1 unspecified atom stereocenters. The van der Waals surface area contributed by atoms with Gasteiger partial charge in [0, 0.05) is 38.3 Å². The molecular formula is C25H22Cl2N2O5S. The average Bonchev–Trinajstić information content (AvgIpc) is 2.85. The fraction of sp³-hybridized carbons (Fsp3) is 0.160. The molecule has 7 nitrogen and oxygen atoms in total. The van der Waals surface area contributed by atoms with Gasteiger partial charge in [0.05, 0.1) is 13.7 Å². The Balaban J connectivity index is 1.51. The van der Waals surface area contributed by atoms with Gasteiger partial charge in [-0.3, -0.25) is 14.9 Å². The first-order valence-corrected chi connectivity index (χ1v) is 12.1. The van der Waals surface area contributed by atoms with Crippen molar-refractivity contribution in [3.05, 3.63) is 88.4 Å². The first-order valence-electron chi connectivity index (χ1n) is 10.4. The Labute approximate surface area is 217 Å². The highest BCUT2D eigenvalue weighted by atomic mass is 35.5. The Kier molecular flexibility index (Phi) is 9.84. The number of benzene rings is 3. The van der Waals surface area contributed by atoms with Gasteiger partial charge in [-0.2, -0.15) is 0 Å². The predicted molar refractivity (Wildman–Crippen MR) is 139 cm³/mol. The zero-order chi connectivity index (χ0) is 25.2. The van der Waals surface area contributed by atoms with Crippen molar-refractivity contribution in [1.82, 2.24) is 0 Å². The van der Waals surface area contributed by atoms with Crippen molar-refractivity contribution in [3.63, 3.8) is 0 Å². The molecule has 0 bridgehead atoms. The number of thioether (sulfide) groups is 1. The smallest absolute Gasteiger partial charge is 0.411 e. The summed E-state index contributed by atoms with van der Waals surface area (Å²) in [6, 6.07) is 20.2. The highest BCUT2D eigenvalue weighted by molar-refractivity contribution is 8.00. The lowest BCUT2D eigenvalue weighted by atomic mass is 10.2. The Morgan fingerprint density at radius 1 is 0.829 bits per heavy atom. The van der Waals surface area contributed by atoms with Crippen LogP contribution in [0.5, 0.6) is 0 Å². The zero-order valence-electron chi connectivity index (χ0n) is 18.6. The summed E-state index contributed by atoms with van der Waals surface area (Å²) in [5.74, 6) is -0.694. The second-order valence-electron chi connectivity index (χ2n) is 7.17. The van der Waals surface area contributed by atoms with Gasteiger partial charge in [0.25, 0.3) is 5.91 Å². The molecule has 1 atom stereocenters. The van der Waals surface area contributed by atoms with Gasteiger partial charge in [0.15, 0.2) is 0 Å². The minimum atomic E-state index is -0.637. The number of amides is 2. The fourth-order valence-electron chi connectivity index (χ4n) is 2.89. The molecule has 0 radical (unpaired) electrons. The number of ether oxygens (including phenoxy) is 2. The maximum Gasteiger partial charge on any atom is 0.411 e. The number of nitrogens with one attached hydrogen (secondary N) is 2. The zero-order valence-corrected chi connectivity index (χ0v) is 21.0. The third kappa shape index (κ3) is 8.51. The van der Waals surface area contributed by atoms with Crippen molar-refractivity contribution in [3.8, 4) is 0 Å². The molecule has 35 heavy (non-hydrogen) atoms. The third-order valence-corrected chi connectivity index (χ3v) is 6.43. The van der Waals surface area contributed by atoms with Crippen LogP contribution in [0.3, 0.4) is 0 Å².